The summed E-state index contributed by atoms with van der Waals surface area (Å²) in [6, 6.07) is 1.13. The van der Waals surface area contributed by atoms with Crippen molar-refractivity contribution in [3.05, 3.63) is 0 Å². The number of halogens is 1. The normalized spacial score (nSPS) is 33.8. The van der Waals surface area contributed by atoms with E-state index in [4.69, 9.17) is 9.73 Å². The van der Waals surface area contributed by atoms with Crippen LogP contribution in [0.15, 0.2) is 4.99 Å². The standard InChI is InChI=1S/C20H38N4O.HI/c1-6-21-19(23(5)14-15-10-8-12-24(15)7-2)22-17-16-11-9-13-25-18(16)20(17,3)4;/h15-18H,6-14H2,1-5H3,(H,21,22);1H. The van der Waals surface area contributed by atoms with Gasteiger partial charge in [-0.1, -0.05) is 20.8 Å². The summed E-state index contributed by atoms with van der Waals surface area (Å²) in [4.78, 5) is 9.78. The third-order valence-electron chi connectivity index (χ3n) is 6.68. The van der Waals surface area contributed by atoms with Crippen LogP contribution in [-0.2, 0) is 4.74 Å². The molecular formula is C20H39IN4O. The van der Waals surface area contributed by atoms with E-state index >= 15 is 0 Å². The summed E-state index contributed by atoms with van der Waals surface area (Å²) in [5, 5.41) is 3.83. The summed E-state index contributed by atoms with van der Waals surface area (Å²) in [5.41, 5.74) is 0.184. The van der Waals surface area contributed by atoms with Crippen molar-refractivity contribution in [3.63, 3.8) is 0 Å². The van der Waals surface area contributed by atoms with Gasteiger partial charge in [-0.3, -0.25) is 9.89 Å². The summed E-state index contributed by atoms with van der Waals surface area (Å²) >= 11 is 0. The van der Waals surface area contributed by atoms with Gasteiger partial charge in [0.05, 0.1) is 6.10 Å². The molecule has 2 saturated heterocycles. The van der Waals surface area contributed by atoms with Gasteiger partial charge < -0.3 is 15.0 Å². The summed E-state index contributed by atoms with van der Waals surface area (Å²) in [6.45, 7) is 14.3. The molecule has 0 aromatic heterocycles. The molecule has 4 unspecified atom stereocenters. The van der Waals surface area contributed by atoms with Crippen LogP contribution in [0, 0.1) is 11.3 Å². The van der Waals surface area contributed by atoms with E-state index in [1.165, 1.54) is 32.2 Å². The van der Waals surface area contributed by atoms with Crippen LogP contribution in [-0.4, -0.2) is 73.8 Å². The first-order valence-corrected chi connectivity index (χ1v) is 10.4. The smallest absolute Gasteiger partial charge is 0.193 e. The third kappa shape index (κ3) is 4.32. The second-order valence-corrected chi connectivity index (χ2v) is 8.64. The van der Waals surface area contributed by atoms with Crippen molar-refractivity contribution in [2.24, 2.45) is 16.3 Å². The van der Waals surface area contributed by atoms with E-state index in [2.05, 4.69) is 49.9 Å². The lowest BCUT2D eigenvalue weighted by Crippen LogP contribution is -2.71. The molecule has 6 heteroatoms. The van der Waals surface area contributed by atoms with E-state index in [0.29, 0.717) is 24.1 Å². The summed E-state index contributed by atoms with van der Waals surface area (Å²) in [6.07, 6.45) is 5.53. The number of aliphatic imine (C=N–C) groups is 1. The minimum atomic E-state index is 0. The van der Waals surface area contributed by atoms with E-state index in [0.717, 1.165) is 32.2 Å². The first-order chi connectivity index (χ1) is 12.0. The highest BCUT2D eigenvalue weighted by Gasteiger charge is 2.58. The highest BCUT2D eigenvalue weighted by atomic mass is 127. The maximum atomic E-state index is 6.06. The molecular weight excluding hydrogens is 439 g/mol. The van der Waals surface area contributed by atoms with Crippen LogP contribution in [0.1, 0.15) is 53.4 Å². The Balaban J connectivity index is 0.00000243. The Hall–Kier alpha value is -0.0800. The number of nitrogens with one attached hydrogen (secondary N) is 1. The van der Waals surface area contributed by atoms with Gasteiger partial charge in [0.1, 0.15) is 0 Å². The average molecular weight is 478 g/mol. The Morgan fingerprint density at radius 1 is 1.27 bits per heavy atom. The summed E-state index contributed by atoms with van der Waals surface area (Å²) in [5.74, 6) is 1.71. The van der Waals surface area contributed by atoms with Crippen molar-refractivity contribution in [1.82, 2.24) is 15.1 Å². The fourth-order valence-electron chi connectivity index (χ4n) is 5.30. The highest BCUT2D eigenvalue weighted by Crippen LogP contribution is 2.51. The van der Waals surface area contributed by atoms with Crippen LogP contribution in [0.3, 0.4) is 0 Å². The first kappa shape index (κ1) is 22.2. The highest BCUT2D eigenvalue weighted by molar-refractivity contribution is 14.0. The number of likely N-dealkylation sites (N-methyl/N-ethyl adjacent to an activating group) is 2. The number of hydrogen-bond acceptors (Lipinski definition) is 3. The first-order valence-electron chi connectivity index (χ1n) is 10.4. The molecule has 1 aliphatic carbocycles. The van der Waals surface area contributed by atoms with Crippen molar-refractivity contribution < 1.29 is 4.74 Å². The Morgan fingerprint density at radius 3 is 2.73 bits per heavy atom. The minimum absolute atomic E-state index is 0. The monoisotopic (exact) mass is 478 g/mol. The second kappa shape index (κ2) is 9.41. The maximum absolute atomic E-state index is 6.06. The molecule has 3 rings (SSSR count). The summed E-state index contributed by atoms with van der Waals surface area (Å²) in [7, 11) is 2.20. The van der Waals surface area contributed by atoms with Crippen molar-refractivity contribution in [2.75, 3.05) is 39.8 Å². The zero-order chi connectivity index (χ0) is 18.0. The van der Waals surface area contributed by atoms with Gasteiger partial charge in [-0.25, -0.2) is 0 Å². The average Bonchev–Trinajstić information content (AvgIpc) is 3.05. The maximum Gasteiger partial charge on any atom is 0.193 e. The Kier molecular flexibility index (Phi) is 8.04. The quantitative estimate of drug-likeness (QED) is 0.375. The van der Waals surface area contributed by atoms with Gasteiger partial charge in [-0.05, 0) is 45.7 Å². The molecule has 0 radical (unpaired) electrons. The lowest BCUT2D eigenvalue weighted by molar-refractivity contribution is -0.188. The Morgan fingerprint density at radius 2 is 2.04 bits per heavy atom. The van der Waals surface area contributed by atoms with Crippen LogP contribution in [0.25, 0.3) is 0 Å². The topological polar surface area (TPSA) is 40.1 Å². The van der Waals surface area contributed by atoms with Gasteiger partial charge in [-0.15, -0.1) is 24.0 Å². The predicted molar refractivity (Wildman–Crippen MR) is 119 cm³/mol. The van der Waals surface area contributed by atoms with Crippen molar-refractivity contribution in [3.8, 4) is 0 Å². The van der Waals surface area contributed by atoms with Gasteiger partial charge in [0.2, 0.25) is 0 Å². The summed E-state index contributed by atoms with van der Waals surface area (Å²) < 4.78 is 6.06. The van der Waals surface area contributed by atoms with Crippen LogP contribution in [0.2, 0.25) is 0 Å². The third-order valence-corrected chi connectivity index (χ3v) is 6.68. The van der Waals surface area contributed by atoms with Crippen molar-refractivity contribution >= 4 is 29.9 Å². The molecule has 1 saturated carbocycles. The van der Waals surface area contributed by atoms with E-state index in [-0.39, 0.29) is 29.4 Å². The molecule has 152 valence electrons. The number of hydrogen-bond donors (Lipinski definition) is 1. The number of rotatable bonds is 5. The lowest BCUT2D eigenvalue weighted by Gasteiger charge is -2.60. The molecule has 3 fully saturated rings. The van der Waals surface area contributed by atoms with Gasteiger partial charge in [-0.2, -0.15) is 0 Å². The minimum Gasteiger partial charge on any atom is -0.377 e. The molecule has 3 aliphatic rings. The van der Waals surface area contributed by atoms with Crippen LogP contribution < -0.4 is 5.32 Å². The number of fused-ring (bicyclic) bond motifs is 1. The molecule has 2 aliphatic heterocycles. The molecule has 0 bridgehead atoms. The number of likely N-dealkylation sites (tertiary alicyclic amines) is 1. The van der Waals surface area contributed by atoms with E-state index in [1.807, 2.05) is 0 Å². The van der Waals surface area contributed by atoms with Crippen molar-refractivity contribution in [1.29, 1.82) is 0 Å². The predicted octanol–water partition coefficient (Wildman–Crippen LogP) is 3.19. The van der Waals surface area contributed by atoms with Crippen molar-refractivity contribution in [2.45, 2.75) is 71.6 Å². The number of guanidine groups is 1. The molecule has 0 aromatic rings. The van der Waals surface area contributed by atoms with E-state index in [1.54, 1.807) is 0 Å². The van der Waals surface area contributed by atoms with Crippen LogP contribution in [0.5, 0.6) is 0 Å². The second-order valence-electron chi connectivity index (χ2n) is 8.64. The largest absolute Gasteiger partial charge is 0.377 e. The fraction of sp³-hybridized carbons (Fsp3) is 0.950. The van der Waals surface area contributed by atoms with Gasteiger partial charge in [0.15, 0.2) is 5.96 Å². The van der Waals surface area contributed by atoms with Crippen LogP contribution in [0.4, 0.5) is 0 Å². The van der Waals surface area contributed by atoms with E-state index < -0.39 is 0 Å². The Bertz CT molecular complexity index is 484. The Labute approximate surface area is 177 Å². The molecule has 0 amide bonds. The molecule has 0 aromatic carbocycles. The molecule has 2 heterocycles. The molecule has 1 N–H and O–H groups in total. The number of nitrogens with zero attached hydrogens (tertiary/aromatic N) is 3. The zero-order valence-corrected chi connectivity index (χ0v) is 19.7. The zero-order valence-electron chi connectivity index (χ0n) is 17.3. The van der Waals surface area contributed by atoms with Gasteiger partial charge in [0.25, 0.3) is 0 Å². The van der Waals surface area contributed by atoms with Gasteiger partial charge >= 0.3 is 0 Å². The molecule has 0 spiro atoms. The van der Waals surface area contributed by atoms with E-state index in [9.17, 15) is 0 Å². The van der Waals surface area contributed by atoms with Gasteiger partial charge in [0, 0.05) is 50.2 Å². The lowest BCUT2D eigenvalue weighted by atomic mass is 9.55. The molecule has 4 atom stereocenters. The molecule has 5 nitrogen and oxygen atoms in total. The fourth-order valence-corrected chi connectivity index (χ4v) is 5.30. The SMILES string of the molecule is CCN=C(NC1C2CCCOC2C1(C)C)N(C)CC1CCCN1CC.I. The van der Waals surface area contributed by atoms with Crippen LogP contribution >= 0.6 is 24.0 Å². The molecule has 26 heavy (non-hydrogen) atoms. The number of ether oxygens (including phenoxy) is 1.